The number of nitrogens with zero attached hydrogens (tertiary/aromatic N) is 1. The predicted octanol–water partition coefficient (Wildman–Crippen LogP) is 5.45. The van der Waals surface area contributed by atoms with Gasteiger partial charge in [-0.2, -0.15) is 5.26 Å². The van der Waals surface area contributed by atoms with Gasteiger partial charge in [-0.3, -0.25) is 0 Å². The Kier molecular flexibility index (Phi) is 5.82. The summed E-state index contributed by atoms with van der Waals surface area (Å²) in [5.41, 5.74) is 1.91. The van der Waals surface area contributed by atoms with Crippen LogP contribution in [0.25, 0.3) is 0 Å². The second kappa shape index (κ2) is 7.83. The highest BCUT2D eigenvalue weighted by molar-refractivity contribution is 5.31. The first-order valence-electron chi connectivity index (χ1n) is 8.25. The van der Waals surface area contributed by atoms with Crippen molar-refractivity contribution in [2.75, 3.05) is 6.61 Å². The van der Waals surface area contributed by atoms with E-state index < -0.39 is 5.41 Å². The van der Waals surface area contributed by atoms with Gasteiger partial charge in [-0.25, -0.2) is 0 Å². The first-order valence-corrected chi connectivity index (χ1v) is 8.25. The third kappa shape index (κ3) is 4.60. The molecule has 2 rings (SSSR count). The maximum absolute atomic E-state index is 9.56. The lowest BCUT2D eigenvalue weighted by molar-refractivity contribution is 0.295. The van der Waals surface area contributed by atoms with Crippen LogP contribution in [0.2, 0.25) is 0 Å². The molecular formula is C21H25NO. The van der Waals surface area contributed by atoms with Gasteiger partial charge in [0, 0.05) is 0 Å². The van der Waals surface area contributed by atoms with Crippen molar-refractivity contribution in [2.24, 2.45) is 0 Å². The van der Waals surface area contributed by atoms with Gasteiger partial charge in [0.25, 0.3) is 0 Å². The Morgan fingerprint density at radius 2 is 1.83 bits per heavy atom. The SMILES string of the molecule is CC(C)c1cccc(OCCCC(C)(C#N)c2ccccc2)c1. The van der Waals surface area contributed by atoms with E-state index in [9.17, 15) is 5.26 Å². The molecule has 0 radical (unpaired) electrons. The second-order valence-electron chi connectivity index (χ2n) is 6.49. The van der Waals surface area contributed by atoms with Crippen LogP contribution < -0.4 is 4.74 Å². The Labute approximate surface area is 139 Å². The smallest absolute Gasteiger partial charge is 0.119 e. The summed E-state index contributed by atoms with van der Waals surface area (Å²) in [7, 11) is 0. The molecule has 120 valence electrons. The number of hydrogen-bond donors (Lipinski definition) is 0. The molecule has 2 heteroatoms. The van der Waals surface area contributed by atoms with Gasteiger partial charge in [-0.05, 0) is 48.9 Å². The van der Waals surface area contributed by atoms with Gasteiger partial charge in [0.15, 0.2) is 0 Å². The minimum absolute atomic E-state index is 0.454. The fraction of sp³-hybridized carbons (Fsp3) is 0.381. The van der Waals surface area contributed by atoms with Crippen LogP contribution in [-0.4, -0.2) is 6.61 Å². The molecule has 1 atom stereocenters. The monoisotopic (exact) mass is 307 g/mol. The highest BCUT2D eigenvalue weighted by atomic mass is 16.5. The van der Waals surface area contributed by atoms with Gasteiger partial charge < -0.3 is 4.74 Å². The Bertz CT molecular complexity index is 657. The van der Waals surface area contributed by atoms with E-state index in [1.54, 1.807) is 0 Å². The van der Waals surface area contributed by atoms with Crippen LogP contribution >= 0.6 is 0 Å². The topological polar surface area (TPSA) is 33.0 Å². The third-order valence-corrected chi connectivity index (χ3v) is 4.27. The Morgan fingerprint density at radius 1 is 1.09 bits per heavy atom. The Balaban J connectivity index is 1.89. The summed E-state index contributed by atoms with van der Waals surface area (Å²) >= 11 is 0. The number of benzene rings is 2. The van der Waals surface area contributed by atoms with E-state index in [0.29, 0.717) is 12.5 Å². The zero-order valence-corrected chi connectivity index (χ0v) is 14.3. The minimum Gasteiger partial charge on any atom is -0.494 e. The third-order valence-electron chi connectivity index (χ3n) is 4.27. The molecule has 0 spiro atoms. The molecule has 1 unspecified atom stereocenters. The van der Waals surface area contributed by atoms with E-state index in [-0.39, 0.29) is 0 Å². The molecule has 23 heavy (non-hydrogen) atoms. The van der Waals surface area contributed by atoms with Crippen molar-refractivity contribution in [3.05, 3.63) is 65.7 Å². The van der Waals surface area contributed by atoms with Crippen LogP contribution in [0.1, 0.15) is 50.7 Å². The van der Waals surface area contributed by atoms with Crippen molar-refractivity contribution in [3.63, 3.8) is 0 Å². The minimum atomic E-state index is -0.454. The molecule has 0 bridgehead atoms. The van der Waals surface area contributed by atoms with E-state index >= 15 is 0 Å². The summed E-state index contributed by atoms with van der Waals surface area (Å²) in [5.74, 6) is 1.41. The van der Waals surface area contributed by atoms with Crippen LogP contribution in [0, 0.1) is 11.3 Å². The van der Waals surface area contributed by atoms with Crippen LogP contribution in [0.3, 0.4) is 0 Å². The lowest BCUT2D eigenvalue weighted by Gasteiger charge is -2.22. The van der Waals surface area contributed by atoms with Gasteiger partial charge >= 0.3 is 0 Å². The maximum Gasteiger partial charge on any atom is 0.119 e. The number of nitriles is 1. The lowest BCUT2D eigenvalue weighted by atomic mass is 9.80. The van der Waals surface area contributed by atoms with Gasteiger partial charge in [-0.15, -0.1) is 0 Å². The van der Waals surface area contributed by atoms with E-state index in [2.05, 4.69) is 32.0 Å². The molecule has 0 N–H and O–H groups in total. The van der Waals surface area contributed by atoms with Crippen molar-refractivity contribution >= 4 is 0 Å². The standard InChI is InChI=1S/C21H25NO/c1-17(2)18-9-7-12-20(15-18)23-14-8-13-21(3,16-22)19-10-5-4-6-11-19/h4-7,9-12,15,17H,8,13-14H2,1-3H3. The zero-order chi connectivity index (χ0) is 16.7. The van der Waals surface area contributed by atoms with Crippen molar-refractivity contribution in [1.82, 2.24) is 0 Å². The lowest BCUT2D eigenvalue weighted by Crippen LogP contribution is -2.20. The van der Waals surface area contributed by atoms with E-state index in [0.717, 1.165) is 24.2 Å². The van der Waals surface area contributed by atoms with Gasteiger partial charge in [-0.1, -0.05) is 56.3 Å². The highest BCUT2D eigenvalue weighted by Gasteiger charge is 2.25. The van der Waals surface area contributed by atoms with Crippen LogP contribution in [0.5, 0.6) is 5.75 Å². The molecule has 0 amide bonds. The molecular weight excluding hydrogens is 282 g/mol. The number of ether oxygens (including phenoxy) is 1. The molecule has 2 aromatic rings. The van der Waals surface area contributed by atoms with Gasteiger partial charge in [0.2, 0.25) is 0 Å². The molecule has 2 nitrogen and oxygen atoms in total. The first-order chi connectivity index (χ1) is 11.0. The number of rotatable bonds is 7. The van der Waals surface area contributed by atoms with Crippen molar-refractivity contribution in [1.29, 1.82) is 5.26 Å². The summed E-state index contributed by atoms with van der Waals surface area (Å²) in [5, 5.41) is 9.56. The zero-order valence-electron chi connectivity index (χ0n) is 14.3. The molecule has 0 aliphatic carbocycles. The van der Waals surface area contributed by atoms with Crippen LogP contribution in [0.4, 0.5) is 0 Å². The molecule has 0 saturated heterocycles. The molecule has 0 aliphatic rings. The van der Waals surface area contributed by atoms with E-state index in [4.69, 9.17) is 4.74 Å². The molecule has 0 fully saturated rings. The molecule has 2 aromatic carbocycles. The predicted molar refractivity (Wildman–Crippen MR) is 94.7 cm³/mol. The molecule has 0 saturated carbocycles. The van der Waals surface area contributed by atoms with Gasteiger partial charge in [0.05, 0.1) is 18.1 Å². The largest absolute Gasteiger partial charge is 0.494 e. The molecule has 0 aliphatic heterocycles. The highest BCUT2D eigenvalue weighted by Crippen LogP contribution is 2.28. The Morgan fingerprint density at radius 3 is 2.48 bits per heavy atom. The van der Waals surface area contributed by atoms with E-state index in [1.165, 1.54) is 5.56 Å². The molecule has 0 aromatic heterocycles. The average molecular weight is 307 g/mol. The summed E-state index contributed by atoms with van der Waals surface area (Å²) < 4.78 is 5.86. The maximum atomic E-state index is 9.56. The van der Waals surface area contributed by atoms with Crippen molar-refractivity contribution in [3.8, 4) is 11.8 Å². The average Bonchev–Trinajstić information content (AvgIpc) is 2.59. The Hall–Kier alpha value is -2.27. The fourth-order valence-corrected chi connectivity index (χ4v) is 2.65. The summed E-state index contributed by atoms with van der Waals surface area (Å²) in [6.07, 6.45) is 1.64. The molecule has 0 heterocycles. The normalized spacial score (nSPS) is 13.3. The summed E-state index contributed by atoms with van der Waals surface area (Å²) in [6, 6.07) is 20.7. The fourth-order valence-electron chi connectivity index (χ4n) is 2.65. The second-order valence-corrected chi connectivity index (χ2v) is 6.49. The number of hydrogen-bond acceptors (Lipinski definition) is 2. The van der Waals surface area contributed by atoms with Crippen LogP contribution in [-0.2, 0) is 5.41 Å². The quantitative estimate of drug-likeness (QED) is 0.637. The van der Waals surface area contributed by atoms with Crippen molar-refractivity contribution in [2.45, 2.75) is 44.9 Å². The van der Waals surface area contributed by atoms with Crippen LogP contribution in [0.15, 0.2) is 54.6 Å². The first kappa shape index (κ1) is 17.1. The summed E-state index contributed by atoms with van der Waals surface area (Å²) in [4.78, 5) is 0. The van der Waals surface area contributed by atoms with E-state index in [1.807, 2.05) is 49.4 Å². The van der Waals surface area contributed by atoms with Gasteiger partial charge in [0.1, 0.15) is 5.75 Å². The summed E-state index contributed by atoms with van der Waals surface area (Å²) in [6.45, 7) is 6.99. The van der Waals surface area contributed by atoms with Crippen molar-refractivity contribution < 1.29 is 4.74 Å².